The highest BCUT2D eigenvalue weighted by atomic mass is 79.9. The average Bonchev–Trinajstić information content (AvgIpc) is 2.45. The third kappa shape index (κ3) is 3.71. The van der Waals surface area contributed by atoms with Crippen molar-refractivity contribution >= 4 is 27.7 Å². The molecule has 0 radical (unpaired) electrons. The van der Waals surface area contributed by atoms with E-state index in [1.165, 1.54) is 35.3 Å². The topological polar surface area (TPSA) is 26.0 Å². The molecular weight excluding hydrogens is 342 g/mol. The first-order chi connectivity index (χ1) is 10.2. The molecule has 3 rings (SSSR count). The standard InChI is InChI=1S/C18H20BrNS/c19-14-8-10-15(11-9-14)21-12-18(20)17-7-2-1-6-16(17)13-4-3-5-13/h1-2,6-11,13,18H,3-5,12,20H2. The zero-order valence-electron chi connectivity index (χ0n) is 12.0. The highest BCUT2D eigenvalue weighted by Crippen LogP contribution is 2.39. The van der Waals surface area contributed by atoms with Crippen LogP contribution in [0.25, 0.3) is 0 Å². The minimum absolute atomic E-state index is 0.107. The van der Waals surface area contributed by atoms with Crippen LogP contribution in [0.3, 0.4) is 0 Å². The van der Waals surface area contributed by atoms with Crippen molar-refractivity contribution in [3.8, 4) is 0 Å². The molecule has 2 N–H and O–H groups in total. The van der Waals surface area contributed by atoms with E-state index in [-0.39, 0.29) is 6.04 Å². The maximum Gasteiger partial charge on any atom is 0.0393 e. The van der Waals surface area contributed by atoms with Crippen LogP contribution in [0.2, 0.25) is 0 Å². The monoisotopic (exact) mass is 361 g/mol. The zero-order valence-corrected chi connectivity index (χ0v) is 14.4. The number of benzene rings is 2. The first-order valence-electron chi connectivity index (χ1n) is 7.47. The van der Waals surface area contributed by atoms with E-state index in [4.69, 9.17) is 5.73 Å². The molecule has 110 valence electrons. The van der Waals surface area contributed by atoms with E-state index in [0.717, 1.165) is 16.1 Å². The Morgan fingerprint density at radius 1 is 1.10 bits per heavy atom. The van der Waals surface area contributed by atoms with Gasteiger partial charge in [0.1, 0.15) is 0 Å². The lowest BCUT2D eigenvalue weighted by atomic mass is 9.77. The number of nitrogens with two attached hydrogens (primary N) is 1. The van der Waals surface area contributed by atoms with E-state index in [0.29, 0.717) is 0 Å². The van der Waals surface area contributed by atoms with Crippen molar-refractivity contribution in [2.45, 2.75) is 36.1 Å². The summed E-state index contributed by atoms with van der Waals surface area (Å²) >= 11 is 5.30. The normalized spacial score (nSPS) is 16.5. The maximum absolute atomic E-state index is 6.46. The summed E-state index contributed by atoms with van der Waals surface area (Å²) in [5.41, 5.74) is 9.28. The van der Waals surface area contributed by atoms with Crippen LogP contribution < -0.4 is 5.73 Å². The van der Waals surface area contributed by atoms with E-state index in [1.807, 2.05) is 11.8 Å². The average molecular weight is 362 g/mol. The summed E-state index contributed by atoms with van der Waals surface area (Å²) in [5, 5.41) is 0. The number of halogens is 1. The summed E-state index contributed by atoms with van der Waals surface area (Å²) in [5.74, 6) is 1.66. The van der Waals surface area contributed by atoms with E-state index >= 15 is 0 Å². The fraction of sp³-hybridized carbons (Fsp3) is 0.333. The van der Waals surface area contributed by atoms with Gasteiger partial charge in [0.15, 0.2) is 0 Å². The SMILES string of the molecule is NC(CSc1ccc(Br)cc1)c1ccccc1C1CCC1. The molecule has 0 bridgehead atoms. The molecule has 0 spiro atoms. The van der Waals surface area contributed by atoms with Gasteiger partial charge < -0.3 is 5.73 Å². The number of hydrogen-bond acceptors (Lipinski definition) is 2. The first kappa shape index (κ1) is 15.1. The van der Waals surface area contributed by atoms with Gasteiger partial charge in [0.05, 0.1) is 0 Å². The summed E-state index contributed by atoms with van der Waals surface area (Å²) < 4.78 is 1.12. The molecule has 2 aromatic rings. The van der Waals surface area contributed by atoms with Crippen LogP contribution in [0.1, 0.15) is 42.3 Å². The number of thioether (sulfide) groups is 1. The number of hydrogen-bond donors (Lipinski definition) is 1. The van der Waals surface area contributed by atoms with Gasteiger partial charge >= 0.3 is 0 Å². The molecular formula is C18H20BrNS. The van der Waals surface area contributed by atoms with Crippen molar-refractivity contribution in [3.05, 3.63) is 64.1 Å². The Hall–Kier alpha value is -0.770. The van der Waals surface area contributed by atoms with Crippen LogP contribution >= 0.6 is 27.7 Å². The molecule has 21 heavy (non-hydrogen) atoms. The lowest BCUT2D eigenvalue weighted by Gasteiger charge is -2.29. The molecule has 2 aromatic carbocycles. The summed E-state index contributed by atoms with van der Waals surface area (Å²) in [4.78, 5) is 1.27. The smallest absolute Gasteiger partial charge is 0.0393 e. The lowest BCUT2D eigenvalue weighted by molar-refractivity contribution is 0.416. The van der Waals surface area contributed by atoms with E-state index in [9.17, 15) is 0 Å². The van der Waals surface area contributed by atoms with Crippen molar-refractivity contribution in [2.75, 3.05) is 5.75 Å². The number of rotatable bonds is 5. The minimum atomic E-state index is 0.107. The zero-order chi connectivity index (χ0) is 14.7. The van der Waals surface area contributed by atoms with E-state index < -0.39 is 0 Å². The summed E-state index contributed by atoms with van der Waals surface area (Å²) in [6, 6.07) is 17.3. The Bertz CT molecular complexity index is 592. The molecule has 1 fully saturated rings. The summed E-state index contributed by atoms with van der Waals surface area (Å²) in [6.07, 6.45) is 4.01. The van der Waals surface area contributed by atoms with Gasteiger partial charge in [0.2, 0.25) is 0 Å². The van der Waals surface area contributed by atoms with Gasteiger partial charge in [0.25, 0.3) is 0 Å². The molecule has 0 aliphatic heterocycles. The van der Waals surface area contributed by atoms with Crippen LogP contribution in [0.5, 0.6) is 0 Å². The van der Waals surface area contributed by atoms with Crippen molar-refractivity contribution in [2.24, 2.45) is 5.73 Å². The van der Waals surface area contributed by atoms with E-state index in [2.05, 4.69) is 64.5 Å². The van der Waals surface area contributed by atoms with Gasteiger partial charge in [-0.2, -0.15) is 0 Å². The molecule has 0 saturated heterocycles. The predicted octanol–water partition coefficient (Wildman–Crippen LogP) is 5.51. The Labute approximate surface area is 139 Å². The summed E-state index contributed by atoms with van der Waals surface area (Å²) in [6.45, 7) is 0. The van der Waals surface area contributed by atoms with Crippen LogP contribution in [-0.4, -0.2) is 5.75 Å². The fourth-order valence-electron chi connectivity index (χ4n) is 2.75. The Morgan fingerprint density at radius 2 is 1.81 bits per heavy atom. The van der Waals surface area contributed by atoms with Gasteiger partial charge in [-0.1, -0.05) is 46.6 Å². The second kappa shape index (κ2) is 6.99. The van der Waals surface area contributed by atoms with Gasteiger partial charge in [-0.05, 0) is 54.2 Å². The van der Waals surface area contributed by atoms with Crippen molar-refractivity contribution in [3.63, 3.8) is 0 Å². The maximum atomic E-state index is 6.46. The molecule has 1 unspecified atom stereocenters. The molecule has 1 saturated carbocycles. The van der Waals surface area contributed by atoms with Crippen molar-refractivity contribution < 1.29 is 0 Å². The van der Waals surface area contributed by atoms with Gasteiger partial charge in [-0.3, -0.25) is 0 Å². The fourth-order valence-corrected chi connectivity index (χ4v) is 3.89. The molecule has 1 aliphatic carbocycles. The molecule has 1 atom stereocenters. The Morgan fingerprint density at radius 3 is 2.48 bits per heavy atom. The second-order valence-corrected chi connectivity index (χ2v) is 7.64. The molecule has 3 heteroatoms. The molecule has 0 aromatic heterocycles. The molecule has 1 aliphatic rings. The molecule has 1 nitrogen and oxygen atoms in total. The van der Waals surface area contributed by atoms with Crippen LogP contribution in [0.4, 0.5) is 0 Å². The second-order valence-electron chi connectivity index (χ2n) is 5.63. The quantitative estimate of drug-likeness (QED) is 0.710. The van der Waals surface area contributed by atoms with Crippen LogP contribution in [-0.2, 0) is 0 Å². The van der Waals surface area contributed by atoms with Gasteiger partial charge in [0, 0.05) is 21.2 Å². The van der Waals surface area contributed by atoms with Crippen molar-refractivity contribution in [1.82, 2.24) is 0 Å². The largest absolute Gasteiger partial charge is 0.323 e. The minimum Gasteiger partial charge on any atom is -0.323 e. The lowest BCUT2D eigenvalue weighted by Crippen LogP contribution is -2.19. The molecule has 0 heterocycles. The third-order valence-corrected chi connectivity index (χ3v) is 5.84. The highest BCUT2D eigenvalue weighted by Gasteiger charge is 2.23. The van der Waals surface area contributed by atoms with Gasteiger partial charge in [-0.25, -0.2) is 0 Å². The predicted molar refractivity (Wildman–Crippen MR) is 94.8 cm³/mol. The van der Waals surface area contributed by atoms with Gasteiger partial charge in [-0.15, -0.1) is 11.8 Å². The highest BCUT2D eigenvalue weighted by molar-refractivity contribution is 9.10. The Balaban J connectivity index is 1.67. The first-order valence-corrected chi connectivity index (χ1v) is 9.24. The summed E-state index contributed by atoms with van der Waals surface area (Å²) in [7, 11) is 0. The van der Waals surface area contributed by atoms with Crippen LogP contribution in [0.15, 0.2) is 57.9 Å². The van der Waals surface area contributed by atoms with E-state index in [1.54, 1.807) is 0 Å². The Kier molecular flexibility index (Phi) is 5.04. The molecule has 0 amide bonds. The third-order valence-electron chi connectivity index (χ3n) is 4.18. The van der Waals surface area contributed by atoms with Crippen molar-refractivity contribution in [1.29, 1.82) is 0 Å². The van der Waals surface area contributed by atoms with Crippen LogP contribution in [0, 0.1) is 0 Å².